The maximum absolute atomic E-state index is 8.71. The Labute approximate surface area is 114 Å². The molecule has 0 spiro atoms. The Morgan fingerprint density at radius 1 is 1.11 bits per heavy atom. The normalized spacial score (nSPS) is 8.89. The minimum absolute atomic E-state index is 0.469. The molecule has 3 heteroatoms. The number of benzene rings is 2. The average molecular weight is 254 g/mol. The average Bonchev–Trinajstić information content (AvgIpc) is 2.49. The van der Waals surface area contributed by atoms with E-state index in [1.54, 1.807) is 18.2 Å². The third kappa shape index (κ3) is 4.36. The molecule has 0 aliphatic rings. The SMILES string of the molecule is CC.N#Cc1ccc(OCc2ccccc2)c(N)c1. The molecule has 0 saturated heterocycles. The van der Waals surface area contributed by atoms with Crippen LogP contribution >= 0.6 is 0 Å². The molecule has 3 nitrogen and oxygen atoms in total. The lowest BCUT2D eigenvalue weighted by molar-refractivity contribution is 0.308. The summed E-state index contributed by atoms with van der Waals surface area (Å²) >= 11 is 0. The summed E-state index contributed by atoms with van der Waals surface area (Å²) < 4.78 is 5.59. The number of anilines is 1. The quantitative estimate of drug-likeness (QED) is 0.849. The van der Waals surface area contributed by atoms with Crippen molar-refractivity contribution in [3.8, 4) is 11.8 Å². The van der Waals surface area contributed by atoms with Crippen molar-refractivity contribution >= 4 is 5.69 Å². The van der Waals surface area contributed by atoms with E-state index in [9.17, 15) is 0 Å². The Hall–Kier alpha value is -2.47. The monoisotopic (exact) mass is 254 g/mol. The van der Waals surface area contributed by atoms with Crippen LogP contribution in [0.2, 0.25) is 0 Å². The van der Waals surface area contributed by atoms with Crippen molar-refractivity contribution in [3.05, 3.63) is 59.7 Å². The third-order valence-corrected chi connectivity index (χ3v) is 2.38. The van der Waals surface area contributed by atoms with Crippen molar-refractivity contribution in [2.45, 2.75) is 20.5 Å². The van der Waals surface area contributed by atoms with Gasteiger partial charge in [-0.05, 0) is 23.8 Å². The molecular formula is C16H18N2O. The fourth-order valence-electron chi connectivity index (χ4n) is 1.48. The van der Waals surface area contributed by atoms with Gasteiger partial charge in [-0.3, -0.25) is 0 Å². The van der Waals surface area contributed by atoms with Crippen molar-refractivity contribution in [1.29, 1.82) is 5.26 Å². The summed E-state index contributed by atoms with van der Waals surface area (Å²) in [6.45, 7) is 4.47. The lowest BCUT2D eigenvalue weighted by Crippen LogP contribution is -1.98. The molecule has 0 aliphatic heterocycles. The van der Waals surface area contributed by atoms with Gasteiger partial charge in [0.1, 0.15) is 12.4 Å². The molecule has 0 fully saturated rings. The van der Waals surface area contributed by atoms with E-state index < -0.39 is 0 Å². The molecule has 2 aromatic carbocycles. The number of hydrogen-bond acceptors (Lipinski definition) is 3. The van der Waals surface area contributed by atoms with Crippen molar-refractivity contribution in [2.75, 3.05) is 5.73 Å². The largest absolute Gasteiger partial charge is 0.487 e. The standard InChI is InChI=1S/C14H12N2O.C2H6/c15-9-12-6-7-14(13(16)8-12)17-10-11-4-2-1-3-5-11;1-2/h1-8H,10,16H2;1-2H3. The van der Waals surface area contributed by atoms with E-state index in [1.165, 1.54) is 0 Å². The summed E-state index contributed by atoms with van der Waals surface area (Å²) in [4.78, 5) is 0. The van der Waals surface area contributed by atoms with Crippen molar-refractivity contribution in [2.24, 2.45) is 0 Å². The molecule has 0 atom stereocenters. The first-order valence-corrected chi connectivity index (χ1v) is 6.26. The van der Waals surface area contributed by atoms with Crippen LogP contribution in [-0.4, -0.2) is 0 Å². The number of ether oxygens (including phenoxy) is 1. The van der Waals surface area contributed by atoms with Gasteiger partial charge in [-0.2, -0.15) is 5.26 Å². The molecular weight excluding hydrogens is 236 g/mol. The van der Waals surface area contributed by atoms with Gasteiger partial charge >= 0.3 is 0 Å². The molecule has 2 rings (SSSR count). The Morgan fingerprint density at radius 3 is 2.37 bits per heavy atom. The lowest BCUT2D eigenvalue weighted by atomic mass is 10.2. The minimum atomic E-state index is 0.469. The van der Waals surface area contributed by atoms with E-state index in [2.05, 4.69) is 0 Å². The van der Waals surface area contributed by atoms with E-state index in [-0.39, 0.29) is 0 Å². The number of rotatable bonds is 3. The topological polar surface area (TPSA) is 59.0 Å². The van der Waals surface area contributed by atoms with E-state index in [0.29, 0.717) is 23.6 Å². The predicted molar refractivity (Wildman–Crippen MR) is 77.7 cm³/mol. The highest BCUT2D eigenvalue weighted by molar-refractivity contribution is 5.56. The van der Waals surface area contributed by atoms with Crippen LogP contribution < -0.4 is 10.5 Å². The predicted octanol–water partition coefficient (Wildman–Crippen LogP) is 3.75. The first-order chi connectivity index (χ1) is 9.29. The summed E-state index contributed by atoms with van der Waals surface area (Å²) in [5.41, 5.74) is 7.89. The summed E-state index contributed by atoms with van der Waals surface area (Å²) in [6.07, 6.45) is 0. The van der Waals surface area contributed by atoms with Gasteiger partial charge in [0, 0.05) is 0 Å². The second-order valence-corrected chi connectivity index (χ2v) is 3.64. The molecule has 0 saturated carbocycles. The molecule has 0 heterocycles. The molecule has 0 bridgehead atoms. The Bertz CT molecular complexity index is 544. The van der Waals surface area contributed by atoms with Crippen molar-refractivity contribution in [3.63, 3.8) is 0 Å². The van der Waals surface area contributed by atoms with Crippen LogP contribution in [0.4, 0.5) is 5.69 Å². The zero-order valence-electron chi connectivity index (χ0n) is 11.3. The van der Waals surface area contributed by atoms with Gasteiger partial charge in [-0.15, -0.1) is 0 Å². The Kier molecular flexibility index (Phi) is 5.97. The summed E-state index contributed by atoms with van der Waals surface area (Å²) in [7, 11) is 0. The van der Waals surface area contributed by atoms with Gasteiger partial charge in [0.2, 0.25) is 0 Å². The third-order valence-electron chi connectivity index (χ3n) is 2.38. The van der Waals surface area contributed by atoms with Gasteiger partial charge in [0.15, 0.2) is 0 Å². The Balaban J connectivity index is 0.000000861. The first kappa shape index (κ1) is 14.6. The number of nitrogens with zero attached hydrogens (tertiary/aromatic N) is 1. The van der Waals surface area contributed by atoms with E-state index in [0.717, 1.165) is 5.56 Å². The summed E-state index contributed by atoms with van der Waals surface area (Å²) in [5.74, 6) is 0.604. The van der Waals surface area contributed by atoms with Gasteiger partial charge < -0.3 is 10.5 Å². The van der Waals surface area contributed by atoms with E-state index in [4.69, 9.17) is 15.7 Å². The lowest BCUT2D eigenvalue weighted by Gasteiger charge is -2.08. The van der Waals surface area contributed by atoms with Crippen LogP contribution in [0, 0.1) is 11.3 Å². The molecule has 0 unspecified atom stereocenters. The van der Waals surface area contributed by atoms with Crippen LogP contribution in [0.5, 0.6) is 5.75 Å². The van der Waals surface area contributed by atoms with Crippen molar-refractivity contribution < 1.29 is 4.74 Å². The second-order valence-electron chi connectivity index (χ2n) is 3.64. The van der Waals surface area contributed by atoms with Crippen LogP contribution in [-0.2, 0) is 6.61 Å². The highest BCUT2D eigenvalue weighted by Gasteiger charge is 2.02. The van der Waals surface area contributed by atoms with Gasteiger partial charge in [0.05, 0.1) is 17.3 Å². The number of hydrogen-bond donors (Lipinski definition) is 1. The van der Waals surface area contributed by atoms with Crippen molar-refractivity contribution in [1.82, 2.24) is 0 Å². The van der Waals surface area contributed by atoms with Gasteiger partial charge in [-0.1, -0.05) is 44.2 Å². The zero-order valence-corrected chi connectivity index (χ0v) is 11.3. The fraction of sp³-hybridized carbons (Fsp3) is 0.188. The Morgan fingerprint density at radius 2 is 1.79 bits per heavy atom. The van der Waals surface area contributed by atoms with E-state index in [1.807, 2.05) is 50.2 Å². The molecule has 0 aromatic heterocycles. The van der Waals surface area contributed by atoms with Gasteiger partial charge in [-0.25, -0.2) is 0 Å². The first-order valence-electron chi connectivity index (χ1n) is 6.26. The molecule has 0 aliphatic carbocycles. The van der Waals surface area contributed by atoms with E-state index >= 15 is 0 Å². The number of nitrogens with two attached hydrogens (primary N) is 1. The van der Waals surface area contributed by atoms with Crippen LogP contribution in [0.25, 0.3) is 0 Å². The summed E-state index contributed by atoms with van der Waals surface area (Å²) in [5, 5.41) is 8.71. The second kappa shape index (κ2) is 7.78. The van der Waals surface area contributed by atoms with Crippen LogP contribution in [0.1, 0.15) is 25.0 Å². The molecule has 0 amide bonds. The number of nitrogen functional groups attached to an aromatic ring is 1. The summed E-state index contributed by atoms with van der Waals surface area (Å²) in [6, 6.07) is 16.9. The number of nitriles is 1. The highest BCUT2D eigenvalue weighted by atomic mass is 16.5. The minimum Gasteiger partial charge on any atom is -0.487 e. The molecule has 2 aromatic rings. The molecule has 0 radical (unpaired) electrons. The zero-order chi connectivity index (χ0) is 14.1. The van der Waals surface area contributed by atoms with Crippen LogP contribution in [0.3, 0.4) is 0 Å². The fourth-order valence-corrected chi connectivity index (χ4v) is 1.48. The van der Waals surface area contributed by atoms with Gasteiger partial charge in [0.25, 0.3) is 0 Å². The maximum Gasteiger partial charge on any atom is 0.142 e. The highest BCUT2D eigenvalue weighted by Crippen LogP contribution is 2.23. The molecule has 98 valence electrons. The van der Waals surface area contributed by atoms with Crippen LogP contribution in [0.15, 0.2) is 48.5 Å². The molecule has 19 heavy (non-hydrogen) atoms. The smallest absolute Gasteiger partial charge is 0.142 e. The molecule has 2 N–H and O–H groups in total. The maximum atomic E-state index is 8.71.